The van der Waals surface area contributed by atoms with Gasteiger partial charge < -0.3 is 14.1 Å². The minimum absolute atomic E-state index is 0.0341. The maximum absolute atomic E-state index is 13.3. The van der Waals surface area contributed by atoms with Crippen LogP contribution in [0.4, 0.5) is 0 Å². The fourth-order valence-corrected chi connectivity index (χ4v) is 4.97. The average molecular weight is 491 g/mol. The molecule has 1 saturated carbocycles. The van der Waals surface area contributed by atoms with Crippen molar-refractivity contribution >= 4 is 51.0 Å². The van der Waals surface area contributed by atoms with Gasteiger partial charge in [0.15, 0.2) is 5.78 Å². The topological polar surface area (TPSA) is 104 Å². The van der Waals surface area contributed by atoms with Gasteiger partial charge in [0.25, 0.3) is 0 Å². The minimum atomic E-state index is -0.667. The molecule has 36 heavy (non-hydrogen) atoms. The third-order valence-corrected chi connectivity index (χ3v) is 6.79. The summed E-state index contributed by atoms with van der Waals surface area (Å²) in [5.74, 6) is -1.36. The molecule has 0 bridgehead atoms. The van der Waals surface area contributed by atoms with Crippen molar-refractivity contribution in [2.24, 2.45) is 11.1 Å². The third-order valence-electron chi connectivity index (χ3n) is 6.79. The highest BCUT2D eigenvalue weighted by Gasteiger charge is 2.25. The summed E-state index contributed by atoms with van der Waals surface area (Å²) in [6.45, 7) is 3.95. The monoisotopic (exact) mass is 490 g/mol. The number of aromatic nitrogens is 1. The van der Waals surface area contributed by atoms with Gasteiger partial charge in [-0.15, -0.1) is 0 Å². The van der Waals surface area contributed by atoms with Crippen LogP contribution in [-0.4, -0.2) is 40.9 Å². The predicted molar refractivity (Wildman–Crippen MR) is 136 cm³/mol. The SMILES string of the molecule is CCn1c2ccc(C(=O)/C(CCC(=O)OC)=N\OC(C)=O)cc2c2cc(C(=O)C3CCCC3)ccc21. The van der Waals surface area contributed by atoms with Crippen molar-refractivity contribution in [3.8, 4) is 0 Å². The Morgan fingerprint density at radius 2 is 1.56 bits per heavy atom. The lowest BCUT2D eigenvalue weighted by atomic mass is 9.95. The maximum atomic E-state index is 13.3. The Bertz CT molecular complexity index is 1380. The first-order valence-electron chi connectivity index (χ1n) is 12.3. The second-order valence-corrected chi connectivity index (χ2v) is 9.08. The van der Waals surface area contributed by atoms with Crippen molar-refractivity contribution in [1.29, 1.82) is 0 Å². The highest BCUT2D eigenvalue weighted by Crippen LogP contribution is 2.33. The first kappa shape index (κ1) is 25.3. The van der Waals surface area contributed by atoms with Crippen LogP contribution in [0.3, 0.4) is 0 Å². The van der Waals surface area contributed by atoms with Crippen LogP contribution in [0.2, 0.25) is 0 Å². The van der Waals surface area contributed by atoms with Crippen LogP contribution in [0.5, 0.6) is 0 Å². The van der Waals surface area contributed by atoms with Crippen LogP contribution >= 0.6 is 0 Å². The van der Waals surface area contributed by atoms with Crippen LogP contribution in [0.25, 0.3) is 21.8 Å². The number of esters is 1. The van der Waals surface area contributed by atoms with Crippen molar-refractivity contribution in [2.75, 3.05) is 7.11 Å². The van der Waals surface area contributed by atoms with E-state index in [2.05, 4.69) is 14.5 Å². The number of hydrogen-bond acceptors (Lipinski definition) is 7. The van der Waals surface area contributed by atoms with Crippen LogP contribution < -0.4 is 0 Å². The molecule has 4 rings (SSSR count). The number of carbonyl (C=O) groups excluding carboxylic acids is 4. The number of ketones is 2. The normalized spacial score (nSPS) is 14.4. The summed E-state index contributed by atoms with van der Waals surface area (Å²) in [7, 11) is 1.26. The van der Waals surface area contributed by atoms with Crippen LogP contribution in [-0.2, 0) is 25.7 Å². The second-order valence-electron chi connectivity index (χ2n) is 9.08. The Balaban J connectivity index is 1.76. The Morgan fingerprint density at radius 3 is 2.14 bits per heavy atom. The van der Waals surface area contributed by atoms with Crippen molar-refractivity contribution in [2.45, 2.75) is 58.9 Å². The fraction of sp³-hybridized carbons (Fsp3) is 0.393. The first-order chi connectivity index (χ1) is 17.3. The van der Waals surface area contributed by atoms with Crippen molar-refractivity contribution in [3.63, 3.8) is 0 Å². The molecule has 8 heteroatoms. The molecular formula is C28H30N2O6. The number of nitrogens with zero attached hydrogens (tertiary/aromatic N) is 2. The van der Waals surface area contributed by atoms with Crippen LogP contribution in [0.15, 0.2) is 41.6 Å². The predicted octanol–water partition coefficient (Wildman–Crippen LogP) is 5.24. The number of aryl methyl sites for hydroxylation is 1. The standard InChI is InChI=1S/C28H30N2O6/c1-4-30-24-12-9-19(27(33)18-7-5-6-8-18)15-21(24)22-16-20(10-13-25(22)30)28(34)23(29-36-17(2)31)11-14-26(32)35-3/h9-10,12-13,15-16,18H,4-8,11,14H2,1-3H3/b29-23-. The van der Waals surface area contributed by atoms with E-state index in [9.17, 15) is 19.2 Å². The van der Waals surface area contributed by atoms with Gasteiger partial charge in [0.05, 0.1) is 13.5 Å². The van der Waals surface area contributed by atoms with E-state index in [4.69, 9.17) is 4.84 Å². The van der Waals surface area contributed by atoms with Gasteiger partial charge in [0.1, 0.15) is 5.71 Å². The Morgan fingerprint density at radius 1 is 0.944 bits per heavy atom. The number of oxime groups is 1. The van der Waals surface area contributed by atoms with Gasteiger partial charge in [-0.05, 0) is 56.2 Å². The molecule has 2 aromatic carbocycles. The summed E-state index contributed by atoms with van der Waals surface area (Å²) in [5, 5.41) is 5.46. The van der Waals surface area contributed by atoms with Gasteiger partial charge in [0.2, 0.25) is 5.78 Å². The zero-order chi connectivity index (χ0) is 25.8. The summed E-state index contributed by atoms with van der Waals surface area (Å²) < 4.78 is 6.80. The van der Waals surface area contributed by atoms with Crippen molar-refractivity contribution in [1.82, 2.24) is 4.57 Å². The van der Waals surface area contributed by atoms with Crippen LogP contribution in [0.1, 0.15) is 73.1 Å². The highest BCUT2D eigenvalue weighted by molar-refractivity contribution is 6.46. The molecule has 188 valence electrons. The number of ether oxygens (including phenoxy) is 1. The second kappa shape index (κ2) is 10.8. The van der Waals surface area contributed by atoms with Crippen LogP contribution in [0, 0.1) is 5.92 Å². The molecule has 8 nitrogen and oxygen atoms in total. The van der Waals surface area contributed by atoms with Gasteiger partial charge in [-0.2, -0.15) is 0 Å². The Hall–Kier alpha value is -3.81. The number of fused-ring (bicyclic) bond motifs is 3. The van der Waals surface area contributed by atoms with Gasteiger partial charge in [-0.1, -0.05) is 18.0 Å². The number of methoxy groups -OCH3 is 1. The lowest BCUT2D eigenvalue weighted by molar-refractivity contribution is -0.141. The molecule has 1 aromatic heterocycles. The molecule has 0 atom stereocenters. The Kier molecular flexibility index (Phi) is 7.62. The summed E-state index contributed by atoms with van der Waals surface area (Å²) >= 11 is 0. The molecule has 1 aliphatic rings. The minimum Gasteiger partial charge on any atom is -0.469 e. The molecule has 1 heterocycles. The lowest BCUT2D eigenvalue weighted by Gasteiger charge is -2.08. The summed E-state index contributed by atoms with van der Waals surface area (Å²) in [6, 6.07) is 11.2. The fourth-order valence-electron chi connectivity index (χ4n) is 4.97. The molecule has 1 fully saturated rings. The smallest absolute Gasteiger partial charge is 0.331 e. The molecule has 0 unspecified atom stereocenters. The Labute approximate surface area is 209 Å². The zero-order valence-corrected chi connectivity index (χ0v) is 20.8. The number of carbonyl (C=O) groups is 4. The van der Waals surface area contributed by atoms with E-state index < -0.39 is 17.7 Å². The molecule has 0 aliphatic heterocycles. The third kappa shape index (κ3) is 5.08. The molecule has 0 amide bonds. The molecule has 0 spiro atoms. The van der Waals surface area contributed by atoms with Gasteiger partial charge >= 0.3 is 11.9 Å². The largest absolute Gasteiger partial charge is 0.469 e. The van der Waals surface area contributed by atoms with E-state index in [1.807, 2.05) is 31.2 Å². The van der Waals surface area contributed by atoms with Gasteiger partial charge in [0, 0.05) is 58.7 Å². The molecule has 0 saturated heterocycles. The average Bonchev–Trinajstić information content (AvgIpc) is 3.53. The van der Waals surface area contributed by atoms with Crippen molar-refractivity contribution in [3.05, 3.63) is 47.5 Å². The highest BCUT2D eigenvalue weighted by atomic mass is 16.7. The van der Waals surface area contributed by atoms with E-state index in [-0.39, 0.29) is 30.3 Å². The number of benzene rings is 2. The first-order valence-corrected chi connectivity index (χ1v) is 12.3. The molecule has 0 radical (unpaired) electrons. The molecule has 1 aliphatic carbocycles. The van der Waals surface area contributed by atoms with Gasteiger partial charge in [-0.25, -0.2) is 4.79 Å². The number of Topliss-reactive ketones (excluding diaryl/α,β-unsaturated/α-hetero) is 2. The molecular weight excluding hydrogens is 460 g/mol. The summed E-state index contributed by atoms with van der Waals surface area (Å²) in [6.07, 6.45) is 3.93. The quantitative estimate of drug-likeness (QED) is 0.134. The number of rotatable bonds is 9. The van der Waals surface area contributed by atoms with E-state index in [0.29, 0.717) is 11.1 Å². The zero-order valence-electron chi connectivity index (χ0n) is 20.8. The summed E-state index contributed by atoms with van der Waals surface area (Å²) in [4.78, 5) is 54.0. The van der Waals surface area contributed by atoms with E-state index in [1.54, 1.807) is 12.1 Å². The van der Waals surface area contributed by atoms with Gasteiger partial charge in [-0.3, -0.25) is 14.4 Å². The molecule has 0 N–H and O–H groups in total. The maximum Gasteiger partial charge on any atom is 0.331 e. The summed E-state index contributed by atoms with van der Waals surface area (Å²) in [5.41, 5.74) is 2.92. The van der Waals surface area contributed by atoms with E-state index in [1.165, 1.54) is 14.0 Å². The molecule has 3 aromatic rings. The van der Waals surface area contributed by atoms with Crippen molar-refractivity contribution < 1.29 is 28.8 Å². The lowest BCUT2D eigenvalue weighted by Crippen LogP contribution is -2.17. The van der Waals surface area contributed by atoms with E-state index >= 15 is 0 Å². The number of hydrogen-bond donors (Lipinski definition) is 0. The van der Waals surface area contributed by atoms with E-state index in [0.717, 1.165) is 54.0 Å².